The van der Waals surface area contributed by atoms with Crippen molar-refractivity contribution < 1.29 is 17.5 Å². The van der Waals surface area contributed by atoms with Crippen molar-refractivity contribution in [2.24, 2.45) is 0 Å². The Balaban J connectivity index is 2.41. The van der Waals surface area contributed by atoms with E-state index in [-0.39, 0.29) is 16.1 Å². The highest BCUT2D eigenvalue weighted by Gasteiger charge is 2.27. The van der Waals surface area contributed by atoms with Crippen LogP contribution >= 0.6 is 0 Å². The lowest BCUT2D eigenvalue weighted by Crippen LogP contribution is -2.40. The zero-order chi connectivity index (χ0) is 13.3. The standard InChI is InChI=1S/C11H15FN2O3S/c1-8-6-9(7-10(13)11(8)12)18(15,16)14-2-4-17-5-3-14/h6-7H,2-5,13H2,1H3. The number of morpholine rings is 1. The second-order valence-corrected chi connectivity index (χ2v) is 6.10. The molecule has 0 atom stereocenters. The SMILES string of the molecule is Cc1cc(S(=O)(=O)N2CCOCC2)cc(N)c1F. The molecule has 1 saturated heterocycles. The molecule has 1 aliphatic heterocycles. The van der Waals surface area contributed by atoms with Crippen LogP contribution in [-0.2, 0) is 14.8 Å². The molecule has 1 fully saturated rings. The zero-order valence-corrected chi connectivity index (χ0v) is 10.8. The normalized spacial score (nSPS) is 17.9. The van der Waals surface area contributed by atoms with Gasteiger partial charge in [0.05, 0.1) is 23.8 Å². The molecule has 0 spiro atoms. The summed E-state index contributed by atoms with van der Waals surface area (Å²) >= 11 is 0. The van der Waals surface area contributed by atoms with Gasteiger partial charge in [0.15, 0.2) is 0 Å². The lowest BCUT2D eigenvalue weighted by Gasteiger charge is -2.26. The van der Waals surface area contributed by atoms with Gasteiger partial charge in [0.25, 0.3) is 0 Å². The van der Waals surface area contributed by atoms with Crippen LogP contribution < -0.4 is 5.73 Å². The van der Waals surface area contributed by atoms with Crippen molar-refractivity contribution in [1.82, 2.24) is 4.31 Å². The van der Waals surface area contributed by atoms with Gasteiger partial charge in [0.2, 0.25) is 10.0 Å². The van der Waals surface area contributed by atoms with Crippen LogP contribution in [0.25, 0.3) is 0 Å². The van der Waals surface area contributed by atoms with E-state index in [1.54, 1.807) is 0 Å². The Kier molecular flexibility index (Phi) is 3.56. The van der Waals surface area contributed by atoms with Crippen molar-refractivity contribution in [1.29, 1.82) is 0 Å². The molecule has 0 aliphatic carbocycles. The molecule has 7 heteroatoms. The van der Waals surface area contributed by atoms with Crippen LogP contribution in [-0.4, -0.2) is 39.0 Å². The van der Waals surface area contributed by atoms with Crippen molar-refractivity contribution >= 4 is 15.7 Å². The van der Waals surface area contributed by atoms with E-state index in [2.05, 4.69) is 0 Å². The van der Waals surface area contributed by atoms with E-state index >= 15 is 0 Å². The Hall–Kier alpha value is -1.18. The first-order valence-electron chi connectivity index (χ1n) is 5.56. The summed E-state index contributed by atoms with van der Waals surface area (Å²) in [5, 5.41) is 0. The Morgan fingerprint density at radius 1 is 1.33 bits per heavy atom. The number of hydrogen-bond acceptors (Lipinski definition) is 4. The van der Waals surface area contributed by atoms with Gasteiger partial charge in [-0.15, -0.1) is 0 Å². The average Bonchev–Trinajstić information content (AvgIpc) is 2.36. The third-order valence-electron chi connectivity index (χ3n) is 2.86. The second-order valence-electron chi connectivity index (χ2n) is 4.16. The predicted octanol–water partition coefficient (Wildman–Crippen LogP) is 0.737. The Morgan fingerprint density at radius 2 is 1.94 bits per heavy atom. The maximum Gasteiger partial charge on any atom is 0.243 e. The molecule has 0 unspecified atom stereocenters. The minimum absolute atomic E-state index is 0.0285. The number of aryl methyl sites for hydroxylation is 1. The lowest BCUT2D eigenvalue weighted by atomic mass is 10.2. The van der Waals surface area contributed by atoms with Gasteiger partial charge in [-0.05, 0) is 24.6 Å². The molecule has 0 bridgehead atoms. The van der Waals surface area contributed by atoms with Gasteiger partial charge in [-0.1, -0.05) is 0 Å². The highest BCUT2D eigenvalue weighted by atomic mass is 32.2. The summed E-state index contributed by atoms with van der Waals surface area (Å²) in [5.74, 6) is -0.573. The number of sulfonamides is 1. The zero-order valence-electron chi connectivity index (χ0n) is 10.0. The molecule has 5 nitrogen and oxygen atoms in total. The molecule has 1 aromatic carbocycles. The number of rotatable bonds is 2. The molecule has 2 rings (SSSR count). The first-order valence-corrected chi connectivity index (χ1v) is 7.00. The quantitative estimate of drug-likeness (QED) is 0.807. The fourth-order valence-electron chi connectivity index (χ4n) is 1.85. The Labute approximate surface area is 105 Å². The van der Waals surface area contributed by atoms with Gasteiger partial charge >= 0.3 is 0 Å². The first kappa shape index (κ1) is 13.3. The van der Waals surface area contributed by atoms with Crippen molar-refractivity contribution in [3.05, 3.63) is 23.5 Å². The molecular weight excluding hydrogens is 259 g/mol. The van der Waals surface area contributed by atoms with E-state index in [1.807, 2.05) is 0 Å². The summed E-state index contributed by atoms with van der Waals surface area (Å²) < 4.78 is 44.4. The number of nitrogen functional groups attached to an aromatic ring is 1. The molecule has 18 heavy (non-hydrogen) atoms. The number of ether oxygens (including phenoxy) is 1. The Morgan fingerprint density at radius 3 is 2.50 bits per heavy atom. The minimum atomic E-state index is -3.62. The van der Waals surface area contributed by atoms with E-state index in [9.17, 15) is 12.8 Å². The van der Waals surface area contributed by atoms with Crippen molar-refractivity contribution in [2.45, 2.75) is 11.8 Å². The summed E-state index contributed by atoms with van der Waals surface area (Å²) in [6.07, 6.45) is 0. The van der Waals surface area contributed by atoms with Crippen LogP contribution in [0.3, 0.4) is 0 Å². The van der Waals surface area contributed by atoms with Crippen LogP contribution in [0.1, 0.15) is 5.56 Å². The van der Waals surface area contributed by atoms with Gasteiger partial charge in [0, 0.05) is 13.1 Å². The van der Waals surface area contributed by atoms with Crippen molar-refractivity contribution in [3.63, 3.8) is 0 Å². The van der Waals surface area contributed by atoms with Crippen LogP contribution in [0.5, 0.6) is 0 Å². The predicted molar refractivity (Wildman–Crippen MR) is 65.1 cm³/mol. The van der Waals surface area contributed by atoms with Crippen LogP contribution in [0.2, 0.25) is 0 Å². The molecule has 0 aromatic heterocycles. The molecule has 0 saturated carbocycles. The second kappa shape index (κ2) is 4.83. The topological polar surface area (TPSA) is 72.6 Å². The van der Waals surface area contributed by atoms with E-state index in [0.29, 0.717) is 26.3 Å². The Bertz CT molecular complexity index is 530. The van der Waals surface area contributed by atoms with E-state index in [0.717, 1.165) is 6.07 Å². The lowest BCUT2D eigenvalue weighted by molar-refractivity contribution is 0.0730. The molecule has 2 N–H and O–H groups in total. The number of hydrogen-bond donors (Lipinski definition) is 1. The van der Waals surface area contributed by atoms with Crippen molar-refractivity contribution in [3.8, 4) is 0 Å². The largest absolute Gasteiger partial charge is 0.396 e. The average molecular weight is 274 g/mol. The van der Waals surface area contributed by atoms with E-state index < -0.39 is 15.8 Å². The van der Waals surface area contributed by atoms with Crippen molar-refractivity contribution in [2.75, 3.05) is 32.0 Å². The fraction of sp³-hybridized carbons (Fsp3) is 0.455. The number of halogens is 1. The summed E-state index contributed by atoms with van der Waals surface area (Å²) in [6.45, 7) is 2.84. The number of anilines is 1. The maximum absolute atomic E-state index is 13.4. The van der Waals surface area contributed by atoms with Gasteiger partial charge < -0.3 is 10.5 Å². The third kappa shape index (κ3) is 2.33. The highest BCUT2D eigenvalue weighted by Crippen LogP contribution is 2.24. The minimum Gasteiger partial charge on any atom is -0.396 e. The third-order valence-corrected chi connectivity index (χ3v) is 4.74. The number of nitrogens with zero attached hydrogens (tertiary/aromatic N) is 1. The van der Waals surface area contributed by atoms with Gasteiger partial charge in [-0.2, -0.15) is 4.31 Å². The number of benzene rings is 1. The summed E-state index contributed by atoms with van der Waals surface area (Å²) in [7, 11) is -3.62. The monoisotopic (exact) mass is 274 g/mol. The van der Waals surface area contributed by atoms with Crippen LogP contribution in [0, 0.1) is 12.7 Å². The van der Waals surface area contributed by atoms with E-state index in [1.165, 1.54) is 17.3 Å². The number of nitrogens with two attached hydrogens (primary N) is 1. The van der Waals surface area contributed by atoms with Crippen LogP contribution in [0.15, 0.2) is 17.0 Å². The van der Waals surface area contributed by atoms with Gasteiger partial charge in [-0.3, -0.25) is 0 Å². The summed E-state index contributed by atoms with van der Waals surface area (Å²) in [6, 6.07) is 2.46. The van der Waals surface area contributed by atoms with E-state index in [4.69, 9.17) is 10.5 Å². The van der Waals surface area contributed by atoms with Gasteiger partial charge in [-0.25, -0.2) is 12.8 Å². The molecular formula is C11H15FN2O3S. The summed E-state index contributed by atoms with van der Waals surface area (Å²) in [4.78, 5) is 0.0285. The smallest absolute Gasteiger partial charge is 0.243 e. The molecule has 0 amide bonds. The fourth-order valence-corrected chi connectivity index (χ4v) is 3.38. The van der Waals surface area contributed by atoms with Gasteiger partial charge in [0.1, 0.15) is 5.82 Å². The molecule has 1 aliphatic rings. The summed E-state index contributed by atoms with van der Waals surface area (Å²) in [5.41, 5.74) is 5.54. The molecule has 1 heterocycles. The maximum atomic E-state index is 13.4. The molecule has 0 radical (unpaired) electrons. The first-order chi connectivity index (χ1) is 8.43. The van der Waals surface area contributed by atoms with Crippen LogP contribution in [0.4, 0.5) is 10.1 Å². The highest BCUT2D eigenvalue weighted by molar-refractivity contribution is 7.89. The molecule has 100 valence electrons. The molecule has 1 aromatic rings.